The molecule has 0 heterocycles. The van der Waals surface area contributed by atoms with Crippen LogP contribution in [0.15, 0.2) is 0 Å². The van der Waals surface area contributed by atoms with Crippen LogP contribution >= 0.6 is 0 Å². The van der Waals surface area contributed by atoms with E-state index < -0.39 is 0 Å². The van der Waals surface area contributed by atoms with Crippen LogP contribution in [-0.4, -0.2) is 6.04 Å². The van der Waals surface area contributed by atoms with Gasteiger partial charge in [0.2, 0.25) is 6.04 Å². The minimum absolute atomic E-state index is 0.0228. The van der Waals surface area contributed by atoms with Crippen LogP contribution in [0.5, 0.6) is 0 Å². The zero-order chi connectivity index (χ0) is 6.41. The second-order valence-corrected chi connectivity index (χ2v) is 1.67. The van der Waals surface area contributed by atoms with Gasteiger partial charge in [-0.15, -0.1) is 0 Å². The Kier molecular flexibility index (Phi) is 3.62. The van der Waals surface area contributed by atoms with Gasteiger partial charge in [-0.05, 0) is 0 Å². The quantitative estimate of drug-likeness (QED) is 0.494. The fraction of sp³-hybridized carbons (Fsp3) is 0.667. The Morgan fingerprint density at radius 3 is 2.88 bits per heavy atom. The van der Waals surface area contributed by atoms with Crippen LogP contribution < -0.4 is 0 Å². The summed E-state index contributed by atoms with van der Waals surface area (Å²) in [4.78, 5) is 3.22. The summed E-state index contributed by atoms with van der Waals surface area (Å²) >= 11 is 0. The summed E-state index contributed by atoms with van der Waals surface area (Å²) in [5, 5.41) is 8.06. The Balaban J connectivity index is 3.18. The van der Waals surface area contributed by atoms with Gasteiger partial charge in [0.1, 0.15) is 0 Å². The van der Waals surface area contributed by atoms with Crippen molar-refractivity contribution >= 4 is 0 Å². The molecule has 0 amide bonds. The van der Waals surface area contributed by atoms with Crippen molar-refractivity contribution in [3.63, 3.8) is 0 Å². The minimum Gasteiger partial charge on any atom is -0.314 e. The molecule has 0 aliphatic rings. The molecule has 0 aromatic rings. The van der Waals surface area contributed by atoms with Gasteiger partial charge in [-0.25, -0.2) is 6.57 Å². The molecule has 0 fully saturated rings. The molecule has 1 atom stereocenters. The van der Waals surface area contributed by atoms with Gasteiger partial charge in [0.05, 0.1) is 6.07 Å². The van der Waals surface area contributed by atoms with Crippen molar-refractivity contribution < 1.29 is 0 Å². The Hall–Kier alpha value is -1.02. The Bertz CT molecular complexity index is 126. The van der Waals surface area contributed by atoms with Gasteiger partial charge >= 0.3 is 0 Å². The van der Waals surface area contributed by atoms with Crippen molar-refractivity contribution in [2.75, 3.05) is 0 Å². The summed E-state index contributed by atoms with van der Waals surface area (Å²) in [5.41, 5.74) is 0. The van der Waals surface area contributed by atoms with E-state index in [-0.39, 0.29) is 6.04 Å². The highest BCUT2D eigenvalue weighted by Gasteiger charge is 2.00. The van der Waals surface area contributed by atoms with Crippen molar-refractivity contribution in [1.29, 1.82) is 5.26 Å². The van der Waals surface area contributed by atoms with E-state index in [4.69, 9.17) is 11.8 Å². The van der Waals surface area contributed by atoms with Crippen LogP contribution in [0.2, 0.25) is 0 Å². The fourth-order valence-electron chi connectivity index (χ4n) is 0.338. The summed E-state index contributed by atoms with van der Waals surface area (Å²) in [7, 11) is 0. The molecular formula is C6H8N2. The highest BCUT2D eigenvalue weighted by molar-refractivity contribution is 4.78. The van der Waals surface area contributed by atoms with E-state index in [9.17, 15) is 0 Å². The second-order valence-electron chi connectivity index (χ2n) is 1.67. The number of hydrogen-bond acceptors (Lipinski definition) is 1. The molecule has 0 radical (unpaired) electrons. The van der Waals surface area contributed by atoms with E-state index in [1.54, 1.807) is 0 Å². The Labute approximate surface area is 49.6 Å². The summed E-state index contributed by atoms with van der Waals surface area (Å²) in [6, 6.07) is 2.01. The van der Waals surface area contributed by atoms with Crippen molar-refractivity contribution in [3.05, 3.63) is 11.4 Å². The van der Waals surface area contributed by atoms with Crippen molar-refractivity contribution in [2.24, 2.45) is 0 Å². The van der Waals surface area contributed by atoms with E-state index in [1.807, 2.05) is 13.0 Å². The molecule has 0 spiro atoms. The van der Waals surface area contributed by atoms with Crippen LogP contribution in [0.25, 0.3) is 4.85 Å². The molecule has 0 aromatic heterocycles. The highest BCUT2D eigenvalue weighted by Crippen LogP contribution is 1.97. The van der Waals surface area contributed by atoms with Crippen LogP contribution in [0.3, 0.4) is 0 Å². The van der Waals surface area contributed by atoms with Crippen molar-refractivity contribution in [1.82, 2.24) is 0 Å². The molecule has 0 rings (SSSR count). The maximum Gasteiger partial charge on any atom is 0.222 e. The zero-order valence-electron chi connectivity index (χ0n) is 4.89. The largest absolute Gasteiger partial charge is 0.314 e. The molecule has 0 aromatic carbocycles. The number of nitrogens with zero attached hydrogens (tertiary/aromatic N) is 2. The third-order valence-corrected chi connectivity index (χ3v) is 0.894. The van der Waals surface area contributed by atoms with Crippen molar-refractivity contribution in [2.45, 2.75) is 25.8 Å². The smallest absolute Gasteiger partial charge is 0.222 e. The first-order chi connectivity index (χ1) is 3.81. The molecule has 0 aliphatic carbocycles. The van der Waals surface area contributed by atoms with Crippen LogP contribution in [0, 0.1) is 17.9 Å². The Morgan fingerprint density at radius 2 is 2.50 bits per heavy atom. The first-order valence-electron chi connectivity index (χ1n) is 2.54. The average molecular weight is 108 g/mol. The summed E-state index contributed by atoms with van der Waals surface area (Å²) in [6.07, 6.45) is 1.21. The lowest BCUT2D eigenvalue weighted by molar-refractivity contribution is 0.765. The molecule has 1 unspecified atom stereocenters. The minimum atomic E-state index is 0.0228. The predicted molar refractivity (Wildman–Crippen MR) is 30.9 cm³/mol. The standard InChI is InChI=1S/C6H8N2/c1-6(8-2)4-3-5-7/h6H,3-4H2,1H3. The third kappa shape index (κ3) is 3.18. The molecule has 0 N–H and O–H groups in total. The van der Waals surface area contributed by atoms with Gasteiger partial charge in [0, 0.05) is 19.8 Å². The molecule has 2 heteroatoms. The van der Waals surface area contributed by atoms with Gasteiger partial charge in [-0.2, -0.15) is 5.26 Å². The van der Waals surface area contributed by atoms with Crippen LogP contribution in [0.1, 0.15) is 19.8 Å². The van der Waals surface area contributed by atoms with Gasteiger partial charge in [0.15, 0.2) is 0 Å². The molecule has 2 nitrogen and oxygen atoms in total. The number of hydrogen-bond donors (Lipinski definition) is 0. The van der Waals surface area contributed by atoms with Crippen LogP contribution in [-0.2, 0) is 0 Å². The molecule has 0 bridgehead atoms. The maximum atomic E-state index is 8.06. The zero-order valence-corrected chi connectivity index (χ0v) is 4.89. The van der Waals surface area contributed by atoms with E-state index >= 15 is 0 Å². The molecular weight excluding hydrogens is 100 g/mol. The number of nitriles is 1. The van der Waals surface area contributed by atoms with Crippen LogP contribution in [0.4, 0.5) is 0 Å². The summed E-state index contributed by atoms with van der Waals surface area (Å²) in [6.45, 7) is 8.33. The average Bonchev–Trinajstić information content (AvgIpc) is 1.83. The number of rotatable bonds is 2. The molecule has 0 saturated heterocycles. The van der Waals surface area contributed by atoms with Gasteiger partial charge in [-0.1, -0.05) is 0 Å². The van der Waals surface area contributed by atoms with Crippen molar-refractivity contribution in [3.8, 4) is 6.07 Å². The monoisotopic (exact) mass is 108 g/mol. The first-order valence-corrected chi connectivity index (χ1v) is 2.54. The van der Waals surface area contributed by atoms with E-state index in [2.05, 4.69) is 4.85 Å². The van der Waals surface area contributed by atoms with E-state index in [0.717, 1.165) is 0 Å². The lowest BCUT2D eigenvalue weighted by Crippen LogP contribution is -1.91. The topological polar surface area (TPSA) is 28.1 Å². The Morgan fingerprint density at radius 1 is 1.88 bits per heavy atom. The molecule has 8 heavy (non-hydrogen) atoms. The van der Waals surface area contributed by atoms with Gasteiger partial charge in [0.25, 0.3) is 0 Å². The second kappa shape index (κ2) is 4.15. The normalized spacial score (nSPS) is 11.4. The molecule has 0 saturated carbocycles. The summed E-state index contributed by atoms with van der Waals surface area (Å²) in [5.74, 6) is 0. The van der Waals surface area contributed by atoms with Gasteiger partial charge in [-0.3, -0.25) is 0 Å². The maximum absolute atomic E-state index is 8.06. The van der Waals surface area contributed by atoms with E-state index in [0.29, 0.717) is 12.8 Å². The first kappa shape index (κ1) is 6.98. The van der Waals surface area contributed by atoms with E-state index in [1.165, 1.54) is 0 Å². The fourth-order valence-corrected chi connectivity index (χ4v) is 0.338. The third-order valence-electron chi connectivity index (χ3n) is 0.894. The predicted octanol–water partition coefficient (Wildman–Crippen LogP) is 1.60. The molecule has 42 valence electrons. The molecule has 0 aliphatic heterocycles. The summed E-state index contributed by atoms with van der Waals surface area (Å²) < 4.78 is 0. The van der Waals surface area contributed by atoms with Gasteiger partial charge < -0.3 is 4.85 Å². The highest BCUT2D eigenvalue weighted by atomic mass is 14.7. The lowest BCUT2D eigenvalue weighted by atomic mass is 10.2. The SMILES string of the molecule is [C-]#[N+]C(C)CCC#N. The lowest BCUT2D eigenvalue weighted by Gasteiger charge is -1.88.